The molecule has 2 rings (SSSR count). The van der Waals surface area contributed by atoms with Gasteiger partial charge in [0.05, 0.1) is 10.7 Å². The number of hydrogen-bond acceptors (Lipinski definition) is 2. The van der Waals surface area contributed by atoms with Crippen molar-refractivity contribution in [1.29, 1.82) is 0 Å². The fourth-order valence-corrected chi connectivity index (χ4v) is 1.98. The second kappa shape index (κ2) is 4.68. The van der Waals surface area contributed by atoms with E-state index >= 15 is 0 Å². The van der Waals surface area contributed by atoms with Gasteiger partial charge in [0.25, 0.3) is 0 Å². The van der Waals surface area contributed by atoms with Gasteiger partial charge in [0.2, 0.25) is 0 Å². The van der Waals surface area contributed by atoms with Crippen LogP contribution in [0.4, 0.5) is 17.1 Å². The first kappa shape index (κ1) is 11.8. The Bertz CT molecular complexity index is 530. The van der Waals surface area contributed by atoms with Crippen molar-refractivity contribution >= 4 is 28.7 Å². The molecule has 0 aliphatic rings. The fraction of sp³-hybridized carbons (Fsp3) is 0.143. The third-order valence-electron chi connectivity index (χ3n) is 2.86. The van der Waals surface area contributed by atoms with E-state index in [9.17, 15) is 0 Å². The predicted octanol–water partition coefficient (Wildman–Crippen LogP) is 4.28. The van der Waals surface area contributed by atoms with E-state index in [2.05, 4.69) is 5.32 Å². The Balaban J connectivity index is 2.42. The number of rotatable bonds is 2. The highest BCUT2D eigenvalue weighted by atomic mass is 35.5. The Labute approximate surface area is 106 Å². The summed E-state index contributed by atoms with van der Waals surface area (Å²) < 4.78 is 0. The van der Waals surface area contributed by atoms with Crippen LogP contribution >= 0.6 is 11.6 Å². The second-order valence-corrected chi connectivity index (χ2v) is 4.48. The summed E-state index contributed by atoms with van der Waals surface area (Å²) in [5, 5.41) is 4.05. The number of para-hydroxylation sites is 1. The van der Waals surface area contributed by atoms with E-state index in [1.807, 2.05) is 50.2 Å². The van der Waals surface area contributed by atoms with Gasteiger partial charge < -0.3 is 11.1 Å². The molecule has 2 nitrogen and oxygen atoms in total. The van der Waals surface area contributed by atoms with Crippen LogP contribution in [0.3, 0.4) is 0 Å². The van der Waals surface area contributed by atoms with Crippen molar-refractivity contribution in [2.24, 2.45) is 0 Å². The van der Waals surface area contributed by atoms with E-state index in [0.29, 0.717) is 5.02 Å². The van der Waals surface area contributed by atoms with Gasteiger partial charge in [-0.2, -0.15) is 0 Å². The van der Waals surface area contributed by atoms with E-state index in [1.165, 1.54) is 0 Å². The van der Waals surface area contributed by atoms with Gasteiger partial charge in [-0.15, -0.1) is 0 Å². The zero-order chi connectivity index (χ0) is 12.4. The highest BCUT2D eigenvalue weighted by Crippen LogP contribution is 2.31. The first-order valence-corrected chi connectivity index (χ1v) is 5.84. The molecule has 0 amide bonds. The van der Waals surface area contributed by atoms with Gasteiger partial charge in [-0.25, -0.2) is 0 Å². The van der Waals surface area contributed by atoms with Crippen molar-refractivity contribution in [1.82, 2.24) is 0 Å². The zero-order valence-corrected chi connectivity index (χ0v) is 10.7. The molecular formula is C14H15ClN2. The number of anilines is 3. The van der Waals surface area contributed by atoms with E-state index in [1.54, 1.807) is 0 Å². The van der Waals surface area contributed by atoms with E-state index in [4.69, 9.17) is 17.3 Å². The first-order chi connectivity index (χ1) is 8.09. The predicted molar refractivity (Wildman–Crippen MR) is 75.1 cm³/mol. The summed E-state index contributed by atoms with van der Waals surface area (Å²) in [4.78, 5) is 0. The van der Waals surface area contributed by atoms with Crippen LogP contribution in [0.5, 0.6) is 0 Å². The van der Waals surface area contributed by atoms with Crippen molar-refractivity contribution in [2.45, 2.75) is 13.8 Å². The Morgan fingerprint density at radius 3 is 2.47 bits per heavy atom. The van der Waals surface area contributed by atoms with Crippen LogP contribution in [0.25, 0.3) is 0 Å². The van der Waals surface area contributed by atoms with Crippen LogP contribution in [0.15, 0.2) is 36.4 Å². The van der Waals surface area contributed by atoms with Gasteiger partial charge >= 0.3 is 0 Å². The molecular weight excluding hydrogens is 232 g/mol. The molecule has 2 aromatic rings. The SMILES string of the molecule is Cc1cccc(Cl)c1Nc1cccc(N)c1C. The van der Waals surface area contributed by atoms with Gasteiger partial charge in [-0.3, -0.25) is 0 Å². The molecule has 0 radical (unpaired) electrons. The Kier molecular flexibility index (Phi) is 3.25. The van der Waals surface area contributed by atoms with Crippen LogP contribution in [-0.4, -0.2) is 0 Å². The fourth-order valence-electron chi connectivity index (χ4n) is 1.71. The van der Waals surface area contributed by atoms with Crippen LogP contribution in [-0.2, 0) is 0 Å². The second-order valence-electron chi connectivity index (χ2n) is 4.08. The molecule has 3 N–H and O–H groups in total. The van der Waals surface area contributed by atoms with Crippen LogP contribution < -0.4 is 11.1 Å². The minimum absolute atomic E-state index is 0.715. The third kappa shape index (κ3) is 2.37. The normalized spacial score (nSPS) is 10.3. The number of benzene rings is 2. The van der Waals surface area contributed by atoms with Crippen molar-refractivity contribution in [3.8, 4) is 0 Å². The molecule has 0 aliphatic heterocycles. The number of nitrogens with one attached hydrogen (secondary N) is 1. The highest BCUT2D eigenvalue weighted by molar-refractivity contribution is 6.33. The quantitative estimate of drug-likeness (QED) is 0.776. The Morgan fingerprint density at radius 1 is 1.06 bits per heavy atom. The number of hydrogen-bond donors (Lipinski definition) is 2. The lowest BCUT2D eigenvalue weighted by atomic mass is 10.1. The summed E-state index contributed by atoms with van der Waals surface area (Å²) >= 11 is 6.18. The number of nitrogens with two attached hydrogens (primary N) is 1. The van der Waals surface area contributed by atoms with E-state index in [0.717, 1.165) is 28.2 Å². The van der Waals surface area contributed by atoms with Gasteiger partial charge in [0.1, 0.15) is 0 Å². The molecule has 0 atom stereocenters. The molecule has 3 heteroatoms. The summed E-state index contributed by atoms with van der Waals surface area (Å²) in [5.41, 5.74) is 10.7. The van der Waals surface area contributed by atoms with Gasteiger partial charge in [0, 0.05) is 11.4 Å². The highest BCUT2D eigenvalue weighted by Gasteiger charge is 2.06. The summed E-state index contributed by atoms with van der Waals surface area (Å²) in [7, 11) is 0. The molecule has 0 unspecified atom stereocenters. The average Bonchev–Trinajstić information content (AvgIpc) is 2.29. The monoisotopic (exact) mass is 246 g/mol. The lowest BCUT2D eigenvalue weighted by Gasteiger charge is -2.14. The summed E-state index contributed by atoms with van der Waals surface area (Å²) in [6.45, 7) is 4.01. The van der Waals surface area contributed by atoms with Crippen LogP contribution in [0.2, 0.25) is 5.02 Å². The summed E-state index contributed by atoms with van der Waals surface area (Å²) in [5.74, 6) is 0. The van der Waals surface area contributed by atoms with Crippen LogP contribution in [0, 0.1) is 13.8 Å². The van der Waals surface area contributed by atoms with Crippen molar-refractivity contribution in [3.05, 3.63) is 52.5 Å². The maximum Gasteiger partial charge on any atom is 0.0643 e. The number of nitrogen functional groups attached to an aromatic ring is 1. The molecule has 0 aromatic heterocycles. The smallest absolute Gasteiger partial charge is 0.0643 e. The van der Waals surface area contributed by atoms with Crippen LogP contribution in [0.1, 0.15) is 11.1 Å². The lowest BCUT2D eigenvalue weighted by molar-refractivity contribution is 1.39. The Morgan fingerprint density at radius 2 is 1.76 bits per heavy atom. The summed E-state index contributed by atoms with van der Waals surface area (Å²) in [6, 6.07) is 11.6. The van der Waals surface area contributed by atoms with E-state index < -0.39 is 0 Å². The molecule has 17 heavy (non-hydrogen) atoms. The topological polar surface area (TPSA) is 38.0 Å². The standard InChI is InChI=1S/C14H15ClN2/c1-9-5-3-6-11(15)14(9)17-13-8-4-7-12(16)10(13)2/h3-8,17H,16H2,1-2H3. The molecule has 0 fully saturated rings. The number of aryl methyl sites for hydroxylation is 1. The van der Waals surface area contributed by atoms with E-state index in [-0.39, 0.29) is 0 Å². The van der Waals surface area contributed by atoms with Crippen molar-refractivity contribution in [3.63, 3.8) is 0 Å². The average molecular weight is 247 g/mol. The molecule has 0 heterocycles. The maximum atomic E-state index is 6.18. The van der Waals surface area contributed by atoms with Gasteiger partial charge in [-0.1, -0.05) is 29.8 Å². The first-order valence-electron chi connectivity index (χ1n) is 5.47. The van der Waals surface area contributed by atoms with Gasteiger partial charge in [0.15, 0.2) is 0 Å². The van der Waals surface area contributed by atoms with Gasteiger partial charge in [-0.05, 0) is 43.2 Å². The molecule has 2 aromatic carbocycles. The lowest BCUT2D eigenvalue weighted by Crippen LogP contribution is -1.98. The largest absolute Gasteiger partial charge is 0.398 e. The third-order valence-corrected chi connectivity index (χ3v) is 3.17. The molecule has 0 saturated carbocycles. The molecule has 0 saturated heterocycles. The summed E-state index contributed by atoms with van der Waals surface area (Å²) in [6.07, 6.45) is 0. The minimum atomic E-state index is 0.715. The molecule has 0 bridgehead atoms. The van der Waals surface area contributed by atoms with Crippen molar-refractivity contribution < 1.29 is 0 Å². The minimum Gasteiger partial charge on any atom is -0.398 e. The zero-order valence-electron chi connectivity index (χ0n) is 9.92. The number of halogens is 1. The van der Waals surface area contributed by atoms with Crippen molar-refractivity contribution in [2.75, 3.05) is 11.1 Å². The molecule has 0 spiro atoms. The Hall–Kier alpha value is -1.67. The molecule has 88 valence electrons. The maximum absolute atomic E-state index is 6.18. The molecule has 0 aliphatic carbocycles.